The second-order valence-electron chi connectivity index (χ2n) is 4.78. The molecule has 2 aromatic rings. The zero-order valence-corrected chi connectivity index (χ0v) is 13.5. The molecule has 0 aliphatic heterocycles. The van der Waals surface area contributed by atoms with Gasteiger partial charge < -0.3 is 10.3 Å². The SMILES string of the molecule is CCc1ccc(NC(=O)CSc2nc(CC)cc(=O)[nH]2)cc1. The van der Waals surface area contributed by atoms with Gasteiger partial charge in [-0.25, -0.2) is 4.98 Å². The molecule has 0 aliphatic rings. The van der Waals surface area contributed by atoms with Crippen LogP contribution in [0.25, 0.3) is 0 Å². The third-order valence-corrected chi connectivity index (χ3v) is 3.99. The van der Waals surface area contributed by atoms with E-state index in [1.165, 1.54) is 23.4 Å². The molecular formula is C16H19N3O2S. The van der Waals surface area contributed by atoms with E-state index in [0.717, 1.165) is 17.8 Å². The van der Waals surface area contributed by atoms with Crippen LogP contribution in [-0.4, -0.2) is 21.6 Å². The quantitative estimate of drug-likeness (QED) is 0.634. The Kier molecular flexibility index (Phi) is 5.77. The van der Waals surface area contributed by atoms with Crippen molar-refractivity contribution in [2.45, 2.75) is 31.8 Å². The van der Waals surface area contributed by atoms with Crippen LogP contribution in [0.15, 0.2) is 40.3 Å². The summed E-state index contributed by atoms with van der Waals surface area (Å²) in [5.41, 5.74) is 2.53. The highest BCUT2D eigenvalue weighted by Crippen LogP contribution is 2.14. The molecule has 22 heavy (non-hydrogen) atoms. The second-order valence-corrected chi connectivity index (χ2v) is 5.75. The molecule has 1 heterocycles. The number of aromatic amines is 1. The minimum Gasteiger partial charge on any atom is -0.325 e. The average Bonchev–Trinajstić information content (AvgIpc) is 2.53. The maximum Gasteiger partial charge on any atom is 0.251 e. The molecule has 5 nitrogen and oxygen atoms in total. The van der Waals surface area contributed by atoms with Crippen molar-refractivity contribution in [3.63, 3.8) is 0 Å². The van der Waals surface area contributed by atoms with E-state index in [0.29, 0.717) is 11.6 Å². The van der Waals surface area contributed by atoms with E-state index in [2.05, 4.69) is 22.2 Å². The molecule has 0 saturated carbocycles. The highest BCUT2D eigenvalue weighted by atomic mass is 32.2. The van der Waals surface area contributed by atoms with Crippen LogP contribution in [0.3, 0.4) is 0 Å². The average molecular weight is 317 g/mol. The summed E-state index contributed by atoms with van der Waals surface area (Å²) in [5.74, 6) is 0.0739. The number of nitrogens with one attached hydrogen (secondary N) is 2. The van der Waals surface area contributed by atoms with Crippen molar-refractivity contribution in [1.82, 2.24) is 9.97 Å². The number of nitrogens with zero attached hydrogens (tertiary/aromatic N) is 1. The smallest absolute Gasteiger partial charge is 0.251 e. The fraction of sp³-hybridized carbons (Fsp3) is 0.312. The van der Waals surface area contributed by atoms with Crippen molar-refractivity contribution in [3.05, 3.63) is 51.9 Å². The van der Waals surface area contributed by atoms with E-state index >= 15 is 0 Å². The summed E-state index contributed by atoms with van der Waals surface area (Å²) in [6.45, 7) is 4.02. The van der Waals surface area contributed by atoms with E-state index in [1.54, 1.807) is 0 Å². The predicted octanol–water partition coefficient (Wildman–Crippen LogP) is 2.63. The first kappa shape index (κ1) is 16.3. The van der Waals surface area contributed by atoms with Crippen LogP contribution in [0.5, 0.6) is 0 Å². The summed E-state index contributed by atoms with van der Waals surface area (Å²) < 4.78 is 0. The number of benzene rings is 1. The van der Waals surface area contributed by atoms with Crippen LogP contribution in [0, 0.1) is 0 Å². The Hall–Kier alpha value is -2.08. The van der Waals surface area contributed by atoms with Crippen LogP contribution in [0.1, 0.15) is 25.1 Å². The van der Waals surface area contributed by atoms with Gasteiger partial charge in [-0.05, 0) is 30.5 Å². The van der Waals surface area contributed by atoms with Gasteiger partial charge in [-0.15, -0.1) is 0 Å². The minimum atomic E-state index is -0.190. The standard InChI is InChI=1S/C16H19N3O2S/c1-3-11-5-7-13(8-6-11)17-15(21)10-22-16-18-12(4-2)9-14(20)19-16/h5-9H,3-4,10H2,1-2H3,(H,17,21)(H,18,19,20). The monoisotopic (exact) mass is 317 g/mol. The molecule has 1 amide bonds. The number of H-pyrrole nitrogens is 1. The normalized spacial score (nSPS) is 10.5. The van der Waals surface area contributed by atoms with Gasteiger partial charge in [-0.2, -0.15) is 0 Å². The highest BCUT2D eigenvalue weighted by molar-refractivity contribution is 7.99. The number of amides is 1. The molecule has 1 aromatic carbocycles. The zero-order valence-electron chi connectivity index (χ0n) is 12.7. The highest BCUT2D eigenvalue weighted by Gasteiger charge is 2.06. The van der Waals surface area contributed by atoms with Crippen LogP contribution in [0.2, 0.25) is 0 Å². The molecule has 0 spiro atoms. The Morgan fingerprint density at radius 1 is 1.23 bits per heavy atom. The number of thioether (sulfide) groups is 1. The first-order valence-corrected chi connectivity index (χ1v) is 8.21. The molecule has 2 rings (SSSR count). The summed E-state index contributed by atoms with van der Waals surface area (Å²) in [6.07, 6.45) is 1.66. The molecule has 1 aromatic heterocycles. The van der Waals surface area contributed by atoms with E-state index in [9.17, 15) is 9.59 Å². The van der Waals surface area contributed by atoms with Crippen molar-refractivity contribution in [3.8, 4) is 0 Å². The van der Waals surface area contributed by atoms with Crippen LogP contribution < -0.4 is 10.9 Å². The van der Waals surface area contributed by atoms with Crippen molar-refractivity contribution < 1.29 is 4.79 Å². The van der Waals surface area contributed by atoms with E-state index in [4.69, 9.17) is 0 Å². The maximum absolute atomic E-state index is 11.9. The maximum atomic E-state index is 11.9. The fourth-order valence-electron chi connectivity index (χ4n) is 1.89. The summed E-state index contributed by atoms with van der Waals surface area (Å²) >= 11 is 1.22. The van der Waals surface area contributed by atoms with Crippen LogP contribution in [0.4, 0.5) is 5.69 Å². The molecular weight excluding hydrogens is 298 g/mol. The molecule has 116 valence electrons. The van der Waals surface area contributed by atoms with Crippen LogP contribution in [-0.2, 0) is 17.6 Å². The Morgan fingerprint density at radius 3 is 2.59 bits per heavy atom. The molecule has 0 bridgehead atoms. The summed E-state index contributed by atoms with van der Waals surface area (Å²) in [6, 6.07) is 9.23. The number of anilines is 1. The van der Waals surface area contributed by atoms with Crippen molar-refractivity contribution in [2.24, 2.45) is 0 Å². The van der Waals surface area contributed by atoms with E-state index < -0.39 is 0 Å². The molecule has 6 heteroatoms. The van der Waals surface area contributed by atoms with Crippen molar-refractivity contribution in [2.75, 3.05) is 11.1 Å². The first-order valence-electron chi connectivity index (χ1n) is 7.22. The lowest BCUT2D eigenvalue weighted by Crippen LogP contribution is -2.15. The lowest BCUT2D eigenvalue weighted by Gasteiger charge is -2.06. The van der Waals surface area contributed by atoms with E-state index in [-0.39, 0.29) is 17.2 Å². The minimum absolute atomic E-state index is 0.126. The number of aryl methyl sites for hydroxylation is 2. The topological polar surface area (TPSA) is 74.8 Å². The van der Waals surface area contributed by atoms with Crippen molar-refractivity contribution in [1.29, 1.82) is 0 Å². The first-order chi connectivity index (χ1) is 10.6. The molecule has 2 N–H and O–H groups in total. The number of aromatic nitrogens is 2. The Balaban J connectivity index is 1.92. The number of rotatable bonds is 6. The van der Waals surface area contributed by atoms with E-state index in [1.807, 2.05) is 31.2 Å². The lowest BCUT2D eigenvalue weighted by atomic mass is 10.1. The Bertz CT molecular complexity index is 695. The third-order valence-electron chi connectivity index (χ3n) is 3.12. The predicted molar refractivity (Wildman–Crippen MR) is 89.4 cm³/mol. The van der Waals surface area contributed by atoms with Gasteiger partial charge in [0, 0.05) is 17.4 Å². The number of hydrogen-bond donors (Lipinski definition) is 2. The largest absolute Gasteiger partial charge is 0.325 e. The summed E-state index contributed by atoms with van der Waals surface area (Å²) in [5, 5.41) is 3.30. The van der Waals surface area contributed by atoms with Gasteiger partial charge >= 0.3 is 0 Å². The number of carbonyl (C=O) groups excluding carboxylic acids is 1. The molecule has 0 saturated heterocycles. The van der Waals surface area contributed by atoms with Gasteiger partial charge in [-0.1, -0.05) is 37.7 Å². The van der Waals surface area contributed by atoms with Gasteiger partial charge in [-0.3, -0.25) is 9.59 Å². The zero-order chi connectivity index (χ0) is 15.9. The molecule has 0 unspecified atom stereocenters. The van der Waals surface area contributed by atoms with Gasteiger partial charge in [0.05, 0.1) is 5.75 Å². The Labute approximate surface area is 133 Å². The fourth-order valence-corrected chi connectivity index (χ4v) is 2.58. The van der Waals surface area contributed by atoms with Crippen LogP contribution >= 0.6 is 11.8 Å². The lowest BCUT2D eigenvalue weighted by molar-refractivity contribution is -0.113. The summed E-state index contributed by atoms with van der Waals surface area (Å²) in [4.78, 5) is 30.3. The van der Waals surface area contributed by atoms with Gasteiger partial charge in [0.2, 0.25) is 5.91 Å². The molecule has 0 radical (unpaired) electrons. The van der Waals surface area contributed by atoms with Gasteiger partial charge in [0.25, 0.3) is 5.56 Å². The number of carbonyl (C=O) groups is 1. The second kappa shape index (κ2) is 7.79. The summed E-state index contributed by atoms with van der Waals surface area (Å²) in [7, 11) is 0. The molecule has 0 atom stereocenters. The molecule has 0 fully saturated rings. The van der Waals surface area contributed by atoms with Gasteiger partial charge in [0.15, 0.2) is 5.16 Å². The number of hydrogen-bond acceptors (Lipinski definition) is 4. The van der Waals surface area contributed by atoms with Crippen molar-refractivity contribution >= 4 is 23.4 Å². The third kappa shape index (κ3) is 4.73. The molecule has 0 aliphatic carbocycles. The Morgan fingerprint density at radius 2 is 1.95 bits per heavy atom. The van der Waals surface area contributed by atoms with Gasteiger partial charge in [0.1, 0.15) is 0 Å².